The third-order valence-corrected chi connectivity index (χ3v) is 3.77. The molecule has 8 heteroatoms. The van der Waals surface area contributed by atoms with Crippen LogP contribution >= 0.6 is 11.9 Å². The van der Waals surface area contributed by atoms with Crippen molar-refractivity contribution in [3.63, 3.8) is 0 Å². The van der Waals surface area contributed by atoms with Crippen LogP contribution in [0.2, 0.25) is 0 Å². The summed E-state index contributed by atoms with van der Waals surface area (Å²) in [5, 5.41) is 1.69. The van der Waals surface area contributed by atoms with Gasteiger partial charge in [-0.05, 0) is 36.3 Å². The van der Waals surface area contributed by atoms with Gasteiger partial charge in [0.25, 0.3) is 6.43 Å². The van der Waals surface area contributed by atoms with Crippen LogP contribution in [0.5, 0.6) is 0 Å². The molecule has 0 saturated heterocycles. The Morgan fingerprint density at radius 1 is 1.46 bits per heavy atom. The van der Waals surface area contributed by atoms with Crippen molar-refractivity contribution in [2.45, 2.75) is 26.2 Å². The highest BCUT2D eigenvalue weighted by atomic mass is 32.2. The third-order valence-electron chi connectivity index (χ3n) is 2.87. The Hall–Kier alpha value is -1.38. The Labute approximate surface area is 143 Å². The number of H-pyrrole nitrogens is 1. The third kappa shape index (κ3) is 8.47. The zero-order chi connectivity index (χ0) is 17.8. The van der Waals surface area contributed by atoms with Crippen LogP contribution in [0.1, 0.15) is 19.0 Å². The highest BCUT2D eigenvalue weighted by Crippen LogP contribution is 2.01. The lowest BCUT2D eigenvalue weighted by Gasteiger charge is -2.02. The first-order valence-corrected chi connectivity index (χ1v) is 8.60. The molecule has 0 radical (unpaired) electrons. The summed E-state index contributed by atoms with van der Waals surface area (Å²) in [5.74, 6) is 0.655. The molecule has 24 heavy (non-hydrogen) atoms. The van der Waals surface area contributed by atoms with Gasteiger partial charge in [-0.25, -0.2) is 18.6 Å². The number of allylic oxidation sites excluding steroid dienone is 1. The predicted octanol–water partition coefficient (Wildman–Crippen LogP) is 2.46. The van der Waals surface area contributed by atoms with Crippen molar-refractivity contribution in [3.05, 3.63) is 34.6 Å². The fourth-order valence-electron chi connectivity index (χ4n) is 1.77. The van der Waals surface area contributed by atoms with Crippen molar-refractivity contribution in [3.8, 4) is 0 Å². The lowest BCUT2D eigenvalue weighted by molar-refractivity contribution is -0.298. The van der Waals surface area contributed by atoms with E-state index in [0.29, 0.717) is 17.9 Å². The van der Waals surface area contributed by atoms with Crippen molar-refractivity contribution in [2.24, 2.45) is 0 Å². The highest BCUT2D eigenvalue weighted by molar-refractivity contribution is 7.97. The molecule has 0 spiro atoms. The number of alkyl halides is 3. The largest absolute Gasteiger partial charge is 0.358 e. The van der Waals surface area contributed by atoms with E-state index in [1.54, 1.807) is 6.08 Å². The molecule has 0 aliphatic heterocycles. The van der Waals surface area contributed by atoms with E-state index in [1.165, 1.54) is 11.9 Å². The second-order valence-electron chi connectivity index (χ2n) is 4.84. The first-order valence-electron chi connectivity index (χ1n) is 7.61. The SMILES string of the molecule is C=C(/C=c1/[nH]c(CC)c/c1=C/COOCC(F)F)NSCCCF. The molecule has 0 aliphatic rings. The van der Waals surface area contributed by atoms with Gasteiger partial charge in [-0.3, -0.25) is 4.39 Å². The monoisotopic (exact) mass is 364 g/mol. The van der Waals surface area contributed by atoms with Gasteiger partial charge in [0, 0.05) is 22.5 Å². The number of rotatable bonds is 12. The molecule has 0 amide bonds. The lowest BCUT2D eigenvalue weighted by Crippen LogP contribution is -2.24. The van der Waals surface area contributed by atoms with Gasteiger partial charge in [-0.2, -0.15) is 0 Å². The van der Waals surface area contributed by atoms with Crippen molar-refractivity contribution >= 4 is 24.1 Å². The van der Waals surface area contributed by atoms with E-state index in [4.69, 9.17) is 4.89 Å². The minimum atomic E-state index is -2.56. The van der Waals surface area contributed by atoms with E-state index >= 15 is 0 Å². The van der Waals surface area contributed by atoms with Crippen molar-refractivity contribution in [2.75, 3.05) is 25.6 Å². The summed E-state index contributed by atoms with van der Waals surface area (Å²) in [7, 11) is 0. The molecule has 2 N–H and O–H groups in total. The van der Waals surface area contributed by atoms with Crippen LogP contribution in [0, 0.1) is 0 Å². The Morgan fingerprint density at radius 2 is 2.25 bits per heavy atom. The smallest absolute Gasteiger partial charge is 0.264 e. The molecule has 0 bridgehead atoms. The number of hydrogen-bond acceptors (Lipinski definition) is 4. The van der Waals surface area contributed by atoms with Crippen LogP contribution in [-0.4, -0.2) is 37.1 Å². The molecule has 4 nitrogen and oxygen atoms in total. The molecule has 0 unspecified atom stereocenters. The first-order chi connectivity index (χ1) is 11.6. The van der Waals surface area contributed by atoms with Crippen molar-refractivity contribution in [1.82, 2.24) is 9.71 Å². The molecule has 1 heterocycles. The summed E-state index contributed by atoms with van der Waals surface area (Å²) in [6.45, 7) is 4.88. The van der Waals surface area contributed by atoms with Gasteiger partial charge in [-0.1, -0.05) is 25.5 Å². The number of nitrogens with one attached hydrogen (secondary N) is 2. The van der Waals surface area contributed by atoms with Crippen molar-refractivity contribution in [1.29, 1.82) is 0 Å². The van der Waals surface area contributed by atoms with E-state index in [-0.39, 0.29) is 13.3 Å². The average Bonchev–Trinajstić information content (AvgIpc) is 2.93. The Bertz CT molecular complexity index is 605. The van der Waals surface area contributed by atoms with Crippen LogP contribution in [0.25, 0.3) is 12.2 Å². The Morgan fingerprint density at radius 3 is 2.92 bits per heavy atom. The summed E-state index contributed by atoms with van der Waals surface area (Å²) >= 11 is 1.39. The maximum absolute atomic E-state index is 12.0. The molecule has 0 aromatic carbocycles. The van der Waals surface area contributed by atoms with Gasteiger partial charge < -0.3 is 9.71 Å². The number of hydrogen-bond donors (Lipinski definition) is 2. The van der Waals surface area contributed by atoms with Gasteiger partial charge in [0.2, 0.25) is 0 Å². The second-order valence-corrected chi connectivity index (χ2v) is 5.75. The van der Waals surface area contributed by atoms with Gasteiger partial charge in [0.15, 0.2) is 0 Å². The molecular weight excluding hydrogens is 341 g/mol. The fourth-order valence-corrected chi connectivity index (χ4v) is 2.37. The summed E-state index contributed by atoms with van der Waals surface area (Å²) < 4.78 is 38.9. The fraction of sp³-hybridized carbons (Fsp3) is 0.500. The molecular formula is C16H23F3N2O2S. The van der Waals surface area contributed by atoms with Crippen LogP contribution in [0.3, 0.4) is 0 Å². The van der Waals surface area contributed by atoms with Crippen LogP contribution in [-0.2, 0) is 16.2 Å². The predicted molar refractivity (Wildman–Crippen MR) is 91.6 cm³/mol. The molecule has 1 rings (SSSR count). The molecule has 1 aromatic rings. The quantitative estimate of drug-likeness (QED) is 0.259. The minimum absolute atomic E-state index is 0.0553. The van der Waals surface area contributed by atoms with Crippen molar-refractivity contribution < 1.29 is 22.9 Å². The minimum Gasteiger partial charge on any atom is -0.358 e. The molecule has 1 aromatic heterocycles. The summed E-state index contributed by atoms with van der Waals surface area (Å²) in [5.41, 5.74) is 1.70. The molecule has 0 aliphatic carbocycles. The molecule has 0 fully saturated rings. The maximum atomic E-state index is 12.0. The summed E-state index contributed by atoms with van der Waals surface area (Å²) in [6, 6.07) is 1.95. The number of aromatic amines is 1. The van der Waals surface area contributed by atoms with Gasteiger partial charge >= 0.3 is 0 Å². The Kier molecular flexibility index (Phi) is 10.4. The standard InChI is InChI=1S/C16H23F3N2O2S/c1-3-14-10-13(5-7-22-23-11-16(18)19)15(20-14)9-12(2)21-24-8-4-6-17/h5,9-10,16,20-21H,2-4,6-8,11H2,1H3/b13-5-,15-9+. The lowest BCUT2D eigenvalue weighted by atomic mass is 10.3. The topological polar surface area (TPSA) is 46.3 Å². The van der Waals surface area contributed by atoms with Gasteiger partial charge in [0.05, 0.1) is 6.67 Å². The maximum Gasteiger partial charge on any atom is 0.264 e. The van der Waals surface area contributed by atoms with Gasteiger partial charge in [-0.15, -0.1) is 0 Å². The zero-order valence-corrected chi connectivity index (χ0v) is 14.4. The number of aryl methyl sites for hydroxylation is 1. The number of halogens is 3. The average molecular weight is 364 g/mol. The van der Waals surface area contributed by atoms with Crippen LogP contribution < -0.4 is 15.3 Å². The molecule has 0 atom stereocenters. The summed E-state index contributed by atoms with van der Waals surface area (Å²) in [4.78, 5) is 12.3. The highest BCUT2D eigenvalue weighted by Gasteiger charge is 2.01. The van der Waals surface area contributed by atoms with E-state index in [9.17, 15) is 13.2 Å². The molecule has 136 valence electrons. The van der Waals surface area contributed by atoms with E-state index in [2.05, 4.69) is 21.2 Å². The summed E-state index contributed by atoms with van der Waals surface area (Å²) in [6.07, 6.45) is 2.31. The Balaban J connectivity index is 2.69. The molecule has 0 saturated carbocycles. The number of aromatic nitrogens is 1. The van der Waals surface area contributed by atoms with Crippen LogP contribution in [0.4, 0.5) is 13.2 Å². The zero-order valence-electron chi connectivity index (χ0n) is 13.6. The van der Waals surface area contributed by atoms with Gasteiger partial charge in [0.1, 0.15) is 13.2 Å². The first kappa shape index (κ1) is 20.7. The second kappa shape index (κ2) is 12.0. The van der Waals surface area contributed by atoms with Crippen LogP contribution in [0.15, 0.2) is 18.3 Å². The van der Waals surface area contributed by atoms with E-state index in [1.807, 2.05) is 19.1 Å². The van der Waals surface area contributed by atoms with E-state index < -0.39 is 13.0 Å². The normalized spacial score (nSPS) is 13.0. The van der Waals surface area contributed by atoms with E-state index in [0.717, 1.165) is 22.7 Å².